The van der Waals surface area contributed by atoms with Crippen molar-refractivity contribution >= 4 is 22.7 Å². The molecule has 3 aromatic carbocycles. The fourth-order valence-corrected chi connectivity index (χ4v) is 6.18. The van der Waals surface area contributed by atoms with E-state index in [0.717, 1.165) is 67.7 Å². The average Bonchev–Trinajstić information content (AvgIpc) is 2.87. The van der Waals surface area contributed by atoms with Gasteiger partial charge in [-0.25, -0.2) is 0 Å². The van der Waals surface area contributed by atoms with Crippen molar-refractivity contribution in [3.8, 4) is 23.0 Å². The molecule has 0 aromatic heterocycles. The summed E-state index contributed by atoms with van der Waals surface area (Å²) in [5.41, 5.74) is 8.71. The molecule has 0 saturated carbocycles. The standard InChI is InChI=1S/C30H35N3O2/c1-6-14-33-21-15-19(31(7-2)8-3)17-25-27(21)30-28-22(33)16-20(32(9-4)10-5)18-26(28)35-24-13-11-12-23(34-25)29(24)30/h11-13,15-18,30H,6-10,14H2,1-5H3. The molecule has 0 atom stereocenters. The first-order valence-corrected chi connectivity index (χ1v) is 13.2. The van der Waals surface area contributed by atoms with Crippen molar-refractivity contribution in [2.45, 2.75) is 47.0 Å². The summed E-state index contributed by atoms with van der Waals surface area (Å²) in [7, 11) is 0. The largest absolute Gasteiger partial charge is 0.456 e. The molecule has 3 aliphatic rings. The zero-order valence-corrected chi connectivity index (χ0v) is 21.5. The number of nitrogens with zero attached hydrogens (tertiary/aromatic N) is 3. The molecule has 3 aromatic rings. The molecule has 5 nitrogen and oxygen atoms in total. The first kappa shape index (κ1) is 22.1. The Kier molecular flexibility index (Phi) is 5.32. The monoisotopic (exact) mass is 469 g/mol. The molecule has 0 saturated heterocycles. The van der Waals surface area contributed by atoms with Crippen LogP contribution in [0.5, 0.6) is 23.0 Å². The van der Waals surface area contributed by atoms with Gasteiger partial charge in [-0.3, -0.25) is 0 Å². The van der Waals surface area contributed by atoms with Crippen molar-refractivity contribution in [1.82, 2.24) is 0 Å². The van der Waals surface area contributed by atoms with E-state index in [1.807, 2.05) is 6.07 Å². The minimum absolute atomic E-state index is 0.128. The Morgan fingerprint density at radius 2 is 1.14 bits per heavy atom. The molecule has 3 aliphatic heterocycles. The second-order valence-electron chi connectivity index (χ2n) is 9.55. The molecular weight excluding hydrogens is 434 g/mol. The summed E-state index contributed by atoms with van der Waals surface area (Å²) in [4.78, 5) is 7.33. The Labute approximate surface area is 208 Å². The van der Waals surface area contributed by atoms with Crippen molar-refractivity contribution < 1.29 is 9.47 Å². The highest BCUT2D eigenvalue weighted by Gasteiger charge is 2.45. The van der Waals surface area contributed by atoms with Gasteiger partial charge in [0.2, 0.25) is 0 Å². The van der Waals surface area contributed by atoms with Crippen LogP contribution in [0.3, 0.4) is 0 Å². The molecule has 0 N–H and O–H groups in total. The number of rotatable bonds is 8. The van der Waals surface area contributed by atoms with Crippen LogP contribution < -0.4 is 24.2 Å². The molecule has 0 radical (unpaired) electrons. The summed E-state index contributed by atoms with van der Waals surface area (Å²) >= 11 is 0. The van der Waals surface area contributed by atoms with E-state index in [1.54, 1.807) is 0 Å². The Bertz CT molecular complexity index is 1200. The first-order valence-electron chi connectivity index (χ1n) is 13.2. The van der Waals surface area contributed by atoms with Gasteiger partial charge in [-0.2, -0.15) is 0 Å². The van der Waals surface area contributed by atoms with Crippen LogP contribution in [0.15, 0.2) is 42.5 Å². The van der Waals surface area contributed by atoms with Gasteiger partial charge in [-0.15, -0.1) is 0 Å². The highest BCUT2D eigenvalue weighted by Crippen LogP contribution is 2.64. The predicted octanol–water partition coefficient (Wildman–Crippen LogP) is 7.63. The molecule has 0 aliphatic carbocycles. The lowest BCUT2D eigenvalue weighted by Gasteiger charge is -2.45. The molecule has 0 unspecified atom stereocenters. The van der Waals surface area contributed by atoms with E-state index < -0.39 is 0 Å². The topological polar surface area (TPSA) is 28.2 Å². The van der Waals surface area contributed by atoms with Gasteiger partial charge in [0, 0.05) is 72.9 Å². The van der Waals surface area contributed by atoms with E-state index in [0.29, 0.717) is 0 Å². The zero-order chi connectivity index (χ0) is 24.3. The maximum atomic E-state index is 6.61. The van der Waals surface area contributed by atoms with Crippen LogP contribution in [0.1, 0.15) is 63.6 Å². The van der Waals surface area contributed by atoms with E-state index in [9.17, 15) is 0 Å². The highest BCUT2D eigenvalue weighted by molar-refractivity contribution is 5.89. The number of ether oxygens (including phenoxy) is 2. The van der Waals surface area contributed by atoms with Crippen molar-refractivity contribution in [3.63, 3.8) is 0 Å². The van der Waals surface area contributed by atoms with E-state index in [1.165, 1.54) is 33.9 Å². The summed E-state index contributed by atoms with van der Waals surface area (Å²) in [5.74, 6) is 3.91. The second-order valence-corrected chi connectivity index (χ2v) is 9.55. The van der Waals surface area contributed by atoms with Crippen LogP contribution in [0.25, 0.3) is 0 Å². The third-order valence-electron chi connectivity index (χ3n) is 7.83. The number of benzene rings is 3. The van der Waals surface area contributed by atoms with E-state index >= 15 is 0 Å². The van der Waals surface area contributed by atoms with Crippen LogP contribution >= 0.6 is 0 Å². The maximum Gasteiger partial charge on any atom is 0.135 e. The Morgan fingerprint density at radius 3 is 1.57 bits per heavy atom. The third kappa shape index (κ3) is 3.13. The maximum absolute atomic E-state index is 6.61. The van der Waals surface area contributed by atoms with Crippen molar-refractivity contribution in [3.05, 3.63) is 59.2 Å². The molecule has 0 bridgehead atoms. The minimum atomic E-state index is 0.128. The normalized spacial score (nSPS) is 14.3. The van der Waals surface area contributed by atoms with Gasteiger partial charge in [-0.05, 0) is 58.4 Å². The number of hydrogen-bond acceptors (Lipinski definition) is 5. The molecule has 0 spiro atoms. The molecule has 0 fully saturated rings. The fourth-order valence-electron chi connectivity index (χ4n) is 6.18. The fraction of sp³-hybridized carbons (Fsp3) is 0.400. The summed E-state index contributed by atoms with van der Waals surface area (Å²) in [6.07, 6.45) is 1.06. The number of hydrogen-bond donors (Lipinski definition) is 0. The molecule has 182 valence electrons. The van der Waals surface area contributed by atoms with Gasteiger partial charge in [0.1, 0.15) is 23.0 Å². The first-order chi connectivity index (χ1) is 17.1. The van der Waals surface area contributed by atoms with Crippen molar-refractivity contribution in [1.29, 1.82) is 0 Å². The van der Waals surface area contributed by atoms with Gasteiger partial charge in [0.15, 0.2) is 0 Å². The summed E-state index contributed by atoms with van der Waals surface area (Å²) < 4.78 is 13.2. The zero-order valence-electron chi connectivity index (χ0n) is 21.5. The van der Waals surface area contributed by atoms with Gasteiger partial charge >= 0.3 is 0 Å². The van der Waals surface area contributed by atoms with E-state index in [2.05, 4.69) is 85.7 Å². The van der Waals surface area contributed by atoms with Gasteiger partial charge in [0.25, 0.3) is 0 Å². The quantitative estimate of drug-likeness (QED) is 0.233. The van der Waals surface area contributed by atoms with Gasteiger partial charge < -0.3 is 24.2 Å². The molecule has 5 heteroatoms. The second kappa shape index (κ2) is 8.40. The van der Waals surface area contributed by atoms with Crippen molar-refractivity contribution in [2.24, 2.45) is 0 Å². The smallest absolute Gasteiger partial charge is 0.135 e. The summed E-state index contributed by atoms with van der Waals surface area (Å²) in [6, 6.07) is 15.5. The van der Waals surface area contributed by atoms with Gasteiger partial charge in [0.05, 0.1) is 17.3 Å². The summed E-state index contributed by atoms with van der Waals surface area (Å²) in [6.45, 7) is 15.9. The molecule has 0 amide bonds. The Balaban J connectivity index is 1.67. The van der Waals surface area contributed by atoms with Crippen LogP contribution in [0, 0.1) is 0 Å². The molecule has 35 heavy (non-hydrogen) atoms. The van der Waals surface area contributed by atoms with Crippen molar-refractivity contribution in [2.75, 3.05) is 47.4 Å². The van der Waals surface area contributed by atoms with Crippen LogP contribution in [0.2, 0.25) is 0 Å². The lowest BCUT2D eigenvalue weighted by Crippen LogP contribution is -2.32. The van der Waals surface area contributed by atoms with E-state index in [-0.39, 0.29) is 5.92 Å². The van der Waals surface area contributed by atoms with E-state index in [4.69, 9.17) is 9.47 Å². The lowest BCUT2D eigenvalue weighted by atomic mass is 9.75. The third-order valence-corrected chi connectivity index (χ3v) is 7.83. The minimum Gasteiger partial charge on any atom is -0.456 e. The predicted molar refractivity (Wildman–Crippen MR) is 145 cm³/mol. The molecule has 3 heterocycles. The Morgan fingerprint density at radius 1 is 0.657 bits per heavy atom. The number of anilines is 4. The molecule has 6 rings (SSSR count). The SMILES string of the molecule is CCCN1c2cc(N(CC)CC)cc3c2C2c4c(cccc4Oc4cc(N(CC)CC)cc1c42)O3. The highest BCUT2D eigenvalue weighted by atomic mass is 16.5. The Hall–Kier alpha value is -3.34. The molecular formula is C30H35N3O2. The average molecular weight is 470 g/mol. The lowest BCUT2D eigenvalue weighted by molar-refractivity contribution is 0.408. The van der Waals surface area contributed by atoms with Crippen LogP contribution in [-0.4, -0.2) is 32.7 Å². The van der Waals surface area contributed by atoms with Gasteiger partial charge in [-0.1, -0.05) is 13.0 Å². The summed E-state index contributed by atoms with van der Waals surface area (Å²) in [5, 5.41) is 0. The van der Waals surface area contributed by atoms with Crippen LogP contribution in [0.4, 0.5) is 22.7 Å². The van der Waals surface area contributed by atoms with Crippen LogP contribution in [-0.2, 0) is 0 Å².